The van der Waals surface area contributed by atoms with Gasteiger partial charge in [0.25, 0.3) is 5.91 Å². The summed E-state index contributed by atoms with van der Waals surface area (Å²) in [5, 5.41) is 2.74. The minimum absolute atomic E-state index is 0.0601. The van der Waals surface area contributed by atoms with Crippen LogP contribution in [0, 0.1) is 11.2 Å². The van der Waals surface area contributed by atoms with E-state index in [2.05, 4.69) is 19.2 Å². The number of benzene rings is 2. The Labute approximate surface area is 165 Å². The first-order chi connectivity index (χ1) is 13.2. The maximum absolute atomic E-state index is 13.0. The predicted octanol–water partition coefficient (Wildman–Crippen LogP) is 3.57. The Balaban J connectivity index is 1.73. The van der Waals surface area contributed by atoms with Crippen molar-refractivity contribution in [1.82, 2.24) is 9.62 Å². The highest BCUT2D eigenvalue weighted by Gasteiger charge is 2.34. The van der Waals surface area contributed by atoms with Crippen molar-refractivity contribution in [2.75, 3.05) is 13.1 Å². The van der Waals surface area contributed by atoms with E-state index >= 15 is 0 Å². The van der Waals surface area contributed by atoms with Crippen LogP contribution in [-0.4, -0.2) is 31.7 Å². The summed E-state index contributed by atoms with van der Waals surface area (Å²) in [6.07, 6.45) is 1.81. The molecule has 1 saturated heterocycles. The first-order valence-corrected chi connectivity index (χ1v) is 10.7. The molecule has 2 aromatic rings. The highest BCUT2D eigenvalue weighted by atomic mass is 32.2. The van der Waals surface area contributed by atoms with Crippen LogP contribution in [0.25, 0.3) is 0 Å². The lowest BCUT2D eigenvalue weighted by Crippen LogP contribution is -2.43. The van der Waals surface area contributed by atoms with Crippen LogP contribution in [0.4, 0.5) is 4.39 Å². The molecule has 0 saturated carbocycles. The molecule has 0 unspecified atom stereocenters. The smallest absolute Gasteiger partial charge is 0.251 e. The van der Waals surface area contributed by atoms with Crippen molar-refractivity contribution < 1.29 is 17.6 Å². The third-order valence-electron chi connectivity index (χ3n) is 4.97. The van der Waals surface area contributed by atoms with Gasteiger partial charge in [-0.3, -0.25) is 4.79 Å². The van der Waals surface area contributed by atoms with Gasteiger partial charge in [0.15, 0.2) is 0 Å². The number of amides is 1. The topological polar surface area (TPSA) is 66.5 Å². The Morgan fingerprint density at radius 2 is 1.89 bits per heavy atom. The molecule has 0 aliphatic carbocycles. The van der Waals surface area contributed by atoms with Gasteiger partial charge in [0.05, 0.1) is 4.90 Å². The Bertz CT molecular complexity index is 956. The highest BCUT2D eigenvalue weighted by Crippen LogP contribution is 2.31. The van der Waals surface area contributed by atoms with E-state index in [9.17, 15) is 17.6 Å². The summed E-state index contributed by atoms with van der Waals surface area (Å²) in [5.74, 6) is -0.714. The maximum Gasteiger partial charge on any atom is 0.251 e. The predicted molar refractivity (Wildman–Crippen MR) is 106 cm³/mol. The summed E-state index contributed by atoms with van der Waals surface area (Å²) in [6, 6.07) is 11.9. The largest absolute Gasteiger partial charge is 0.348 e. The second-order valence-corrected chi connectivity index (χ2v) is 9.88. The normalized spacial score (nSPS) is 17.2. The van der Waals surface area contributed by atoms with Gasteiger partial charge in [0, 0.05) is 25.2 Å². The lowest BCUT2D eigenvalue weighted by Gasteiger charge is -2.37. The van der Waals surface area contributed by atoms with Crippen LogP contribution in [0.5, 0.6) is 0 Å². The van der Waals surface area contributed by atoms with Crippen molar-refractivity contribution in [3.63, 3.8) is 0 Å². The third kappa shape index (κ3) is 4.77. The molecule has 7 heteroatoms. The number of carbonyl (C=O) groups excluding carboxylic acids is 1. The van der Waals surface area contributed by atoms with Crippen molar-refractivity contribution in [2.24, 2.45) is 5.41 Å². The number of nitrogens with zero attached hydrogens (tertiary/aromatic N) is 1. The fraction of sp³-hybridized carbons (Fsp3) is 0.381. The molecule has 0 aromatic heterocycles. The SMILES string of the molecule is CC1(C)CCCN(S(=O)(=O)c2cccc(C(=O)NCc3ccc(F)cc3)c2)C1. The molecule has 2 aromatic carbocycles. The second kappa shape index (κ2) is 8.01. The molecule has 5 nitrogen and oxygen atoms in total. The van der Waals surface area contributed by atoms with E-state index in [1.54, 1.807) is 24.3 Å². The number of rotatable bonds is 5. The summed E-state index contributed by atoms with van der Waals surface area (Å²) >= 11 is 0. The van der Waals surface area contributed by atoms with Gasteiger partial charge in [-0.2, -0.15) is 4.31 Å². The van der Waals surface area contributed by atoms with Crippen molar-refractivity contribution >= 4 is 15.9 Å². The number of sulfonamides is 1. The van der Waals surface area contributed by atoms with Gasteiger partial charge in [-0.15, -0.1) is 0 Å². The molecular weight excluding hydrogens is 379 g/mol. The van der Waals surface area contributed by atoms with Crippen molar-refractivity contribution in [3.8, 4) is 0 Å². The number of piperidine rings is 1. The van der Waals surface area contributed by atoms with Gasteiger partial charge in [0.1, 0.15) is 5.82 Å². The fourth-order valence-corrected chi connectivity index (χ4v) is 5.12. The Hall–Kier alpha value is -2.25. The van der Waals surface area contributed by atoms with Crippen LogP contribution in [0.1, 0.15) is 42.6 Å². The van der Waals surface area contributed by atoms with Gasteiger partial charge in [-0.05, 0) is 54.2 Å². The fourth-order valence-electron chi connectivity index (χ4n) is 3.41. The third-order valence-corrected chi connectivity index (χ3v) is 6.81. The zero-order valence-corrected chi connectivity index (χ0v) is 16.9. The quantitative estimate of drug-likeness (QED) is 0.829. The van der Waals surface area contributed by atoms with E-state index in [-0.39, 0.29) is 34.1 Å². The van der Waals surface area contributed by atoms with Crippen molar-refractivity contribution in [2.45, 2.75) is 38.1 Å². The summed E-state index contributed by atoms with van der Waals surface area (Å²) in [4.78, 5) is 12.6. The summed E-state index contributed by atoms with van der Waals surface area (Å²) in [5.41, 5.74) is 0.976. The standard InChI is InChI=1S/C21H25FN2O3S/c1-21(2)11-4-12-24(15-21)28(26,27)19-6-3-5-17(13-19)20(25)23-14-16-7-9-18(22)10-8-16/h3,5-10,13H,4,11-12,14-15H2,1-2H3,(H,23,25). The lowest BCUT2D eigenvalue weighted by molar-refractivity contribution is 0.0950. The average molecular weight is 405 g/mol. The lowest BCUT2D eigenvalue weighted by atomic mass is 9.85. The first kappa shape index (κ1) is 20.5. The van der Waals surface area contributed by atoms with Gasteiger partial charge >= 0.3 is 0 Å². The number of halogens is 1. The molecule has 0 radical (unpaired) electrons. The van der Waals surface area contributed by atoms with Crippen LogP contribution in [0.3, 0.4) is 0 Å². The zero-order chi connectivity index (χ0) is 20.4. The molecule has 0 spiro atoms. The molecular formula is C21H25FN2O3S. The van der Waals surface area contributed by atoms with Gasteiger partial charge in [-0.25, -0.2) is 12.8 Å². The number of carbonyl (C=O) groups is 1. The first-order valence-electron chi connectivity index (χ1n) is 9.30. The second-order valence-electron chi connectivity index (χ2n) is 7.94. The average Bonchev–Trinajstić information content (AvgIpc) is 2.66. The Kier molecular flexibility index (Phi) is 5.86. The molecule has 1 aliphatic heterocycles. The minimum Gasteiger partial charge on any atom is -0.348 e. The van der Waals surface area contributed by atoms with Crippen molar-refractivity contribution in [1.29, 1.82) is 0 Å². The van der Waals surface area contributed by atoms with E-state index in [1.165, 1.54) is 28.6 Å². The van der Waals surface area contributed by atoms with E-state index in [1.807, 2.05) is 0 Å². The van der Waals surface area contributed by atoms with E-state index in [4.69, 9.17) is 0 Å². The number of nitrogens with one attached hydrogen (secondary N) is 1. The van der Waals surface area contributed by atoms with Gasteiger partial charge < -0.3 is 5.32 Å². The van der Waals surface area contributed by atoms with E-state index in [0.29, 0.717) is 13.1 Å². The highest BCUT2D eigenvalue weighted by molar-refractivity contribution is 7.89. The number of hydrogen-bond acceptors (Lipinski definition) is 3. The van der Waals surface area contributed by atoms with Crippen LogP contribution < -0.4 is 5.32 Å². The summed E-state index contributed by atoms with van der Waals surface area (Å²) < 4.78 is 40.5. The van der Waals surface area contributed by atoms with Crippen LogP contribution in [0.2, 0.25) is 0 Å². The molecule has 1 N–H and O–H groups in total. The molecule has 1 aliphatic rings. The van der Waals surface area contributed by atoms with E-state index < -0.39 is 10.0 Å². The number of hydrogen-bond donors (Lipinski definition) is 1. The minimum atomic E-state index is -3.65. The molecule has 0 bridgehead atoms. The van der Waals surface area contributed by atoms with Crippen LogP contribution in [-0.2, 0) is 16.6 Å². The van der Waals surface area contributed by atoms with Gasteiger partial charge in [-0.1, -0.05) is 32.0 Å². The van der Waals surface area contributed by atoms with Crippen LogP contribution in [0.15, 0.2) is 53.4 Å². The zero-order valence-electron chi connectivity index (χ0n) is 16.1. The molecule has 0 atom stereocenters. The Morgan fingerprint density at radius 3 is 2.57 bits per heavy atom. The molecule has 1 heterocycles. The van der Waals surface area contributed by atoms with Crippen LogP contribution >= 0.6 is 0 Å². The van der Waals surface area contributed by atoms with Gasteiger partial charge in [0.2, 0.25) is 10.0 Å². The molecule has 28 heavy (non-hydrogen) atoms. The molecule has 3 rings (SSSR count). The molecule has 150 valence electrons. The Morgan fingerprint density at radius 1 is 1.18 bits per heavy atom. The molecule has 1 fully saturated rings. The van der Waals surface area contributed by atoms with E-state index in [0.717, 1.165) is 18.4 Å². The molecule has 1 amide bonds. The summed E-state index contributed by atoms with van der Waals surface area (Å²) in [6.45, 7) is 5.32. The maximum atomic E-state index is 13.0. The van der Waals surface area contributed by atoms with Crippen molar-refractivity contribution in [3.05, 3.63) is 65.5 Å². The summed E-state index contributed by atoms with van der Waals surface area (Å²) in [7, 11) is -3.65. The monoisotopic (exact) mass is 404 g/mol.